The van der Waals surface area contributed by atoms with Gasteiger partial charge in [0, 0.05) is 19.9 Å². The Morgan fingerprint density at radius 1 is 0.435 bits per heavy atom. The standard InChI is InChI=1S/C25H20F3P.C24H20BrP.C4H9NSi.C4H12OSi.C3H3BN2O.CF3.BF3.BrH.2K/c26-25(27,28)29(21-13-5-1-6-14-21,22-15-7-2-8-16-22,23-17-9-3-10-18-23)24-19-11-4-12-20-24;25-26(21-13-5-1-6-14-21,22-15-7-2-8-16-22,23-17-9-3-10-18-23)24-19-11-4-12-20-24;1-6(2,3)4-5;1-5-6(2,3)4;1-7-4(2-5)3-6;2*2-1(3)4;;;/h1-20H;1-20H;1-3H3;1-4H3;1H3;;;1H;;/q;;;;;-1;;;2*+1/p-1. The predicted octanol–water partition coefficient (Wildman–Crippen LogP) is 6.35. The summed E-state index contributed by atoms with van der Waals surface area (Å²) in [6, 6.07) is 76.9. The van der Waals surface area contributed by atoms with E-state index >= 15 is 13.2 Å². The summed E-state index contributed by atoms with van der Waals surface area (Å²) in [5.41, 5.74) is 2.24. The molecular formula is C61H64B2Br2F9K2N3O2P2Si2. The summed E-state index contributed by atoms with van der Waals surface area (Å²) >= 11 is 4.46. The number of hydrogen-bond acceptors (Lipinski definition) is 5. The van der Waals surface area contributed by atoms with Crippen LogP contribution in [-0.2, 0) is 9.08 Å². The first-order valence-electron chi connectivity index (χ1n) is 25.0. The van der Waals surface area contributed by atoms with E-state index in [-0.39, 0.29) is 141 Å². The minimum Gasteiger partial charge on any atom is -1.00 e. The number of rotatable bonds is 10. The van der Waals surface area contributed by atoms with Crippen molar-refractivity contribution in [3.05, 3.63) is 249 Å². The second-order valence-corrected chi connectivity index (χ2v) is 41.8. The quantitative estimate of drug-likeness (QED) is 0.0690. The van der Waals surface area contributed by atoms with Crippen molar-refractivity contribution >= 4 is 101 Å². The van der Waals surface area contributed by atoms with E-state index in [2.05, 4.69) is 167 Å². The molecule has 8 aromatic rings. The molecule has 0 heterocycles. The summed E-state index contributed by atoms with van der Waals surface area (Å²) in [6.45, 7) is 3.47. The van der Waals surface area contributed by atoms with E-state index in [1.165, 1.54) is 28.3 Å². The Kier molecular flexibility index (Phi) is 40.4. The molecule has 0 unspecified atom stereocenters. The number of benzene rings is 8. The number of halogens is 11. The summed E-state index contributed by atoms with van der Waals surface area (Å²) in [7, 11) is -3.04. The van der Waals surface area contributed by atoms with Crippen molar-refractivity contribution in [1.82, 2.24) is 0 Å². The molecule has 0 N–H and O–H groups in total. The first-order valence-corrected chi connectivity index (χ1v) is 38.4. The van der Waals surface area contributed by atoms with Crippen LogP contribution in [0.4, 0.5) is 39.3 Å². The van der Waals surface area contributed by atoms with Gasteiger partial charge in [0.2, 0.25) is 0 Å². The van der Waals surface area contributed by atoms with Gasteiger partial charge in [-0.2, -0.15) is 0 Å². The predicted molar refractivity (Wildman–Crippen MR) is 336 cm³/mol. The van der Waals surface area contributed by atoms with Crippen LogP contribution >= 0.6 is 27.4 Å². The van der Waals surface area contributed by atoms with Gasteiger partial charge >= 0.3 is 449 Å². The van der Waals surface area contributed by atoms with Gasteiger partial charge in [-0.25, -0.2) is 15.8 Å². The Hall–Kier alpha value is -2.82. The van der Waals surface area contributed by atoms with Gasteiger partial charge in [-0.05, 0) is 19.6 Å². The molecule has 8 aromatic carbocycles. The fourth-order valence-electron chi connectivity index (χ4n) is 8.24. The van der Waals surface area contributed by atoms with Crippen molar-refractivity contribution in [3.63, 3.8) is 0 Å². The van der Waals surface area contributed by atoms with E-state index in [0.717, 1.165) is 0 Å². The molecular weight excluding hydrogens is 1360 g/mol. The van der Waals surface area contributed by atoms with E-state index in [4.69, 9.17) is 20.2 Å². The third-order valence-corrected chi connectivity index (χ3v) is 30.2. The maximum Gasteiger partial charge on any atom is 1.00 e. The molecule has 438 valence electrons. The van der Waals surface area contributed by atoms with E-state index in [0.29, 0.717) is 0 Å². The van der Waals surface area contributed by atoms with E-state index in [1.807, 2.05) is 19.6 Å². The molecule has 24 heteroatoms. The van der Waals surface area contributed by atoms with Gasteiger partial charge in [0.25, 0.3) is 0 Å². The summed E-state index contributed by atoms with van der Waals surface area (Å²) < 4.78 is 115. The van der Waals surface area contributed by atoms with Crippen LogP contribution in [0.3, 0.4) is 0 Å². The summed E-state index contributed by atoms with van der Waals surface area (Å²) in [5, 5.41) is 27.4. The SMILES string of the molecule is BrP(c1ccccc1)(c1ccccc1)(c1ccccc1)c1ccccc1.COB(C#N)C#N.CO[Si](C)(C)C.C[Si](C)(C)C#N.FB(F)F.FC(F)(F)P(c1ccccc1)(c1ccccc1)(c1ccccc1)c1ccccc1.F[C-](F)F.[Br-].[K+].[K+]. The third kappa shape index (κ3) is 22.9. The van der Waals surface area contributed by atoms with Gasteiger partial charge in [-0.3, -0.25) is 12.9 Å². The molecule has 0 bridgehead atoms. The Morgan fingerprint density at radius 2 is 0.588 bits per heavy atom. The monoisotopic (exact) mass is 1420 g/mol. The largest absolute Gasteiger partial charge is 1.00 e. The average Bonchev–Trinajstić information content (AvgIpc) is 3.47. The Morgan fingerprint density at radius 3 is 0.682 bits per heavy atom. The molecule has 8 rings (SSSR count). The summed E-state index contributed by atoms with van der Waals surface area (Å²) in [4.78, 5) is 0. The van der Waals surface area contributed by atoms with Gasteiger partial charge in [-0.15, -0.1) is 0 Å². The molecule has 0 aliphatic heterocycles. The zero-order valence-electron chi connectivity index (χ0n) is 49.0. The smallest absolute Gasteiger partial charge is 1.00 e. The molecule has 0 radical (unpaired) electrons. The van der Waals surface area contributed by atoms with Crippen molar-refractivity contribution in [3.8, 4) is 17.6 Å². The number of hydrogen-bond donors (Lipinski definition) is 0. The summed E-state index contributed by atoms with van der Waals surface area (Å²) in [6.07, 6.45) is 0. The van der Waals surface area contributed by atoms with Crippen LogP contribution in [0.25, 0.3) is 0 Å². The van der Waals surface area contributed by atoms with Crippen LogP contribution in [0.5, 0.6) is 0 Å². The van der Waals surface area contributed by atoms with Crippen molar-refractivity contribution in [1.29, 1.82) is 15.8 Å². The second kappa shape index (κ2) is 40.7. The number of nitrogens with zero attached hydrogens (tertiary/aromatic N) is 3. The molecule has 0 atom stereocenters. The Balaban J connectivity index is 0. The number of nitriles is 3. The zero-order valence-corrected chi connectivity index (χ0v) is 62.2. The third-order valence-electron chi connectivity index (χ3n) is 12.0. The first-order chi connectivity index (χ1) is 38.7. The van der Waals surface area contributed by atoms with Gasteiger partial charge in [0.05, 0.1) is 11.9 Å². The number of alkyl halides is 3. The molecule has 0 saturated carbocycles. The van der Waals surface area contributed by atoms with E-state index in [1.54, 1.807) is 140 Å². The fraction of sp³-hybridized carbons (Fsp3) is 0.148. The van der Waals surface area contributed by atoms with E-state index < -0.39 is 55.4 Å². The van der Waals surface area contributed by atoms with Crippen LogP contribution in [0.1, 0.15) is 0 Å². The van der Waals surface area contributed by atoms with E-state index in [9.17, 15) is 26.1 Å². The van der Waals surface area contributed by atoms with Crippen molar-refractivity contribution in [2.24, 2.45) is 0 Å². The Bertz CT molecular complexity index is 2840. The zero-order chi connectivity index (χ0) is 61.6. The molecule has 0 fully saturated rings. The molecule has 0 saturated heterocycles. The molecule has 0 amide bonds. The molecule has 0 spiro atoms. The van der Waals surface area contributed by atoms with Crippen molar-refractivity contribution in [2.75, 3.05) is 14.2 Å². The van der Waals surface area contributed by atoms with Crippen LogP contribution in [0.15, 0.2) is 243 Å². The normalized spacial score (nSPS) is 11.3. The molecule has 0 aromatic heterocycles. The maximum atomic E-state index is 15.8. The minimum absolute atomic E-state index is 0. The molecule has 0 aliphatic rings. The van der Waals surface area contributed by atoms with Crippen LogP contribution in [-0.4, -0.2) is 51.0 Å². The second-order valence-electron chi connectivity index (χ2n) is 19.3. The van der Waals surface area contributed by atoms with Crippen molar-refractivity contribution < 1.29 is 168 Å². The first kappa shape index (κ1) is 84.2. The van der Waals surface area contributed by atoms with Gasteiger partial charge in [0.1, 0.15) is 0 Å². The van der Waals surface area contributed by atoms with Crippen molar-refractivity contribution in [2.45, 2.75) is 45.2 Å². The van der Waals surface area contributed by atoms with Crippen LogP contribution < -0.4 is 162 Å². The molecule has 5 nitrogen and oxygen atoms in total. The maximum absolute atomic E-state index is 15.8. The molecule has 0 aliphatic carbocycles. The summed E-state index contributed by atoms with van der Waals surface area (Å²) in [5.74, 6) is -1.31. The minimum atomic E-state index is -5.08. The average molecular weight is 1420 g/mol. The Labute approximate surface area is 602 Å². The van der Waals surface area contributed by atoms with Crippen LogP contribution in [0, 0.1) is 40.1 Å². The fourth-order valence-corrected chi connectivity index (χ4v) is 21.8. The van der Waals surface area contributed by atoms with Gasteiger partial charge in [-0.1, -0.05) is 19.6 Å². The van der Waals surface area contributed by atoms with Gasteiger partial charge < -0.3 is 39.2 Å². The topological polar surface area (TPSA) is 89.8 Å². The van der Waals surface area contributed by atoms with Gasteiger partial charge in [0.15, 0.2) is 23.1 Å². The van der Waals surface area contributed by atoms with Crippen LogP contribution in [0.2, 0.25) is 39.3 Å². The molecule has 85 heavy (non-hydrogen) atoms.